The van der Waals surface area contributed by atoms with Gasteiger partial charge in [-0.1, -0.05) is 19.1 Å². The van der Waals surface area contributed by atoms with Crippen molar-refractivity contribution >= 4 is 18.3 Å². The number of rotatable bonds is 2. The zero-order valence-corrected chi connectivity index (χ0v) is 12.8. The van der Waals surface area contributed by atoms with Crippen LogP contribution >= 0.6 is 12.4 Å². The van der Waals surface area contributed by atoms with E-state index in [1.807, 2.05) is 17.0 Å². The number of carbonyl (C=O) groups is 1. The monoisotopic (exact) mass is 294 g/mol. The highest BCUT2D eigenvalue weighted by molar-refractivity contribution is 5.94. The Bertz CT molecular complexity index is 460. The summed E-state index contributed by atoms with van der Waals surface area (Å²) in [7, 11) is 0. The van der Waals surface area contributed by atoms with Gasteiger partial charge in [0.2, 0.25) is 0 Å². The Hall–Kier alpha value is -1.06. The lowest BCUT2D eigenvalue weighted by atomic mass is 9.88. The molecule has 20 heavy (non-hydrogen) atoms. The minimum absolute atomic E-state index is 0. The average molecular weight is 295 g/mol. The smallest absolute Gasteiger partial charge is 0.253 e. The predicted octanol–water partition coefficient (Wildman–Crippen LogP) is 2.35. The van der Waals surface area contributed by atoms with Crippen molar-refractivity contribution in [2.75, 3.05) is 26.2 Å². The van der Waals surface area contributed by atoms with Crippen molar-refractivity contribution in [1.29, 1.82) is 0 Å². The third kappa shape index (κ3) is 2.99. The van der Waals surface area contributed by atoms with Crippen molar-refractivity contribution in [3.63, 3.8) is 0 Å². The molecule has 0 bridgehead atoms. The van der Waals surface area contributed by atoms with Gasteiger partial charge >= 0.3 is 0 Å². The third-order valence-electron chi connectivity index (χ3n) is 4.60. The van der Waals surface area contributed by atoms with E-state index in [0.717, 1.165) is 50.5 Å². The van der Waals surface area contributed by atoms with Crippen LogP contribution in [0.15, 0.2) is 24.3 Å². The number of halogens is 1. The van der Waals surface area contributed by atoms with E-state index in [-0.39, 0.29) is 18.3 Å². The summed E-state index contributed by atoms with van der Waals surface area (Å²) in [5, 5.41) is 3.44. The van der Waals surface area contributed by atoms with Gasteiger partial charge in [-0.15, -0.1) is 12.4 Å². The van der Waals surface area contributed by atoms with Crippen molar-refractivity contribution in [3.8, 4) is 0 Å². The van der Waals surface area contributed by atoms with E-state index >= 15 is 0 Å². The lowest BCUT2D eigenvalue weighted by Crippen LogP contribution is -2.43. The molecule has 0 saturated carbocycles. The molecule has 0 spiro atoms. The van der Waals surface area contributed by atoms with Gasteiger partial charge in [-0.3, -0.25) is 4.79 Å². The Morgan fingerprint density at radius 1 is 1.25 bits per heavy atom. The lowest BCUT2D eigenvalue weighted by molar-refractivity contribution is 0.0642. The predicted molar refractivity (Wildman–Crippen MR) is 83.4 cm³/mol. The Kier molecular flexibility index (Phi) is 5.06. The number of amides is 1. The Labute approximate surface area is 127 Å². The highest BCUT2D eigenvalue weighted by atomic mass is 35.5. The van der Waals surface area contributed by atoms with Gasteiger partial charge in [-0.05, 0) is 55.5 Å². The van der Waals surface area contributed by atoms with Crippen LogP contribution in [0.2, 0.25) is 0 Å². The van der Waals surface area contributed by atoms with Crippen molar-refractivity contribution in [3.05, 3.63) is 35.4 Å². The summed E-state index contributed by atoms with van der Waals surface area (Å²) in [6.45, 7) is 6.18. The van der Waals surface area contributed by atoms with Crippen LogP contribution < -0.4 is 5.32 Å². The van der Waals surface area contributed by atoms with Crippen molar-refractivity contribution in [2.24, 2.45) is 11.8 Å². The number of hydrogen-bond donors (Lipinski definition) is 1. The molecule has 4 heteroatoms. The van der Waals surface area contributed by atoms with E-state index in [1.165, 1.54) is 5.56 Å². The molecule has 2 unspecified atom stereocenters. The number of nitrogens with zero attached hydrogens (tertiary/aromatic N) is 1. The van der Waals surface area contributed by atoms with Gasteiger partial charge in [0.15, 0.2) is 0 Å². The van der Waals surface area contributed by atoms with Crippen molar-refractivity contribution in [1.82, 2.24) is 10.2 Å². The average Bonchev–Trinajstić information content (AvgIpc) is 2.94. The van der Waals surface area contributed by atoms with Crippen LogP contribution in [0.1, 0.15) is 29.3 Å². The molecule has 1 N–H and O–H groups in total. The van der Waals surface area contributed by atoms with E-state index in [1.54, 1.807) is 0 Å². The largest absolute Gasteiger partial charge is 0.338 e. The lowest BCUT2D eigenvalue weighted by Gasteiger charge is -2.34. The fourth-order valence-electron chi connectivity index (χ4n) is 3.28. The van der Waals surface area contributed by atoms with Crippen LogP contribution in [0.25, 0.3) is 0 Å². The highest BCUT2D eigenvalue weighted by Crippen LogP contribution is 2.27. The van der Waals surface area contributed by atoms with Gasteiger partial charge in [-0.2, -0.15) is 0 Å². The first-order valence-corrected chi connectivity index (χ1v) is 7.37. The summed E-state index contributed by atoms with van der Waals surface area (Å²) < 4.78 is 0. The second-order valence-electron chi connectivity index (χ2n) is 5.77. The molecule has 2 heterocycles. The van der Waals surface area contributed by atoms with Crippen LogP contribution in [-0.4, -0.2) is 37.0 Å². The minimum atomic E-state index is 0. The molecule has 1 amide bonds. The minimum Gasteiger partial charge on any atom is -0.338 e. The van der Waals surface area contributed by atoms with Gasteiger partial charge < -0.3 is 10.2 Å². The maximum atomic E-state index is 12.5. The molecule has 2 aliphatic heterocycles. The molecule has 3 rings (SSSR count). The van der Waals surface area contributed by atoms with Gasteiger partial charge in [0, 0.05) is 18.7 Å². The topological polar surface area (TPSA) is 32.3 Å². The van der Waals surface area contributed by atoms with Gasteiger partial charge in [-0.25, -0.2) is 0 Å². The zero-order chi connectivity index (χ0) is 13.2. The van der Waals surface area contributed by atoms with E-state index < -0.39 is 0 Å². The van der Waals surface area contributed by atoms with Crippen LogP contribution in [0.4, 0.5) is 0 Å². The molecule has 2 aliphatic rings. The first kappa shape index (κ1) is 15.3. The number of nitrogens with one attached hydrogen (secondary N) is 1. The fraction of sp³-hybridized carbons (Fsp3) is 0.562. The van der Waals surface area contributed by atoms with Gasteiger partial charge in [0.1, 0.15) is 0 Å². The molecule has 1 aromatic rings. The van der Waals surface area contributed by atoms with Crippen LogP contribution in [-0.2, 0) is 6.42 Å². The summed E-state index contributed by atoms with van der Waals surface area (Å²) in [5.74, 6) is 1.65. The molecular formula is C16H23ClN2O. The second kappa shape index (κ2) is 6.59. The highest BCUT2D eigenvalue weighted by Gasteiger charge is 2.34. The van der Waals surface area contributed by atoms with E-state index in [4.69, 9.17) is 0 Å². The molecular weight excluding hydrogens is 272 g/mol. The first-order valence-electron chi connectivity index (χ1n) is 7.37. The SMILES string of the molecule is CCc1ccc(C(=O)N2CCC3CNCC3C2)cc1.Cl. The molecule has 0 aromatic heterocycles. The fourth-order valence-corrected chi connectivity index (χ4v) is 3.28. The van der Waals surface area contributed by atoms with Crippen LogP contribution in [0.3, 0.4) is 0 Å². The maximum absolute atomic E-state index is 12.5. The summed E-state index contributed by atoms with van der Waals surface area (Å²) >= 11 is 0. The molecule has 2 saturated heterocycles. The number of carbonyl (C=O) groups excluding carboxylic acids is 1. The number of fused-ring (bicyclic) bond motifs is 1. The zero-order valence-electron chi connectivity index (χ0n) is 12.0. The molecule has 0 aliphatic carbocycles. The molecule has 1 aromatic carbocycles. The summed E-state index contributed by atoms with van der Waals surface area (Å²) in [4.78, 5) is 14.5. The van der Waals surface area contributed by atoms with Crippen LogP contribution in [0.5, 0.6) is 0 Å². The Morgan fingerprint density at radius 3 is 2.65 bits per heavy atom. The quantitative estimate of drug-likeness (QED) is 0.908. The molecule has 2 atom stereocenters. The molecule has 3 nitrogen and oxygen atoms in total. The van der Waals surface area contributed by atoms with Gasteiger partial charge in [0.25, 0.3) is 5.91 Å². The summed E-state index contributed by atoms with van der Waals surface area (Å²) in [6, 6.07) is 8.08. The van der Waals surface area contributed by atoms with Gasteiger partial charge in [0.05, 0.1) is 0 Å². The first-order chi connectivity index (χ1) is 9.28. The Morgan fingerprint density at radius 2 is 1.95 bits per heavy atom. The maximum Gasteiger partial charge on any atom is 0.253 e. The normalized spacial score (nSPS) is 24.9. The number of aryl methyl sites for hydroxylation is 1. The van der Waals surface area contributed by atoms with E-state index in [0.29, 0.717) is 5.92 Å². The third-order valence-corrected chi connectivity index (χ3v) is 4.60. The number of hydrogen-bond acceptors (Lipinski definition) is 2. The number of likely N-dealkylation sites (tertiary alicyclic amines) is 1. The second-order valence-corrected chi connectivity index (χ2v) is 5.77. The number of piperidine rings is 1. The number of benzene rings is 1. The summed E-state index contributed by atoms with van der Waals surface area (Å²) in [6.07, 6.45) is 2.17. The molecule has 2 fully saturated rings. The van der Waals surface area contributed by atoms with Crippen molar-refractivity contribution < 1.29 is 4.79 Å². The van der Waals surface area contributed by atoms with Crippen molar-refractivity contribution in [2.45, 2.75) is 19.8 Å². The standard InChI is InChI=1S/C16H22N2O.ClH/c1-2-12-3-5-13(6-4-12)16(19)18-8-7-14-9-17-10-15(14)11-18;/h3-6,14-15,17H,2,7-11H2,1H3;1H. The van der Waals surface area contributed by atoms with E-state index in [9.17, 15) is 4.79 Å². The molecule has 110 valence electrons. The summed E-state index contributed by atoms with van der Waals surface area (Å²) in [5.41, 5.74) is 2.12. The van der Waals surface area contributed by atoms with Crippen LogP contribution in [0, 0.1) is 11.8 Å². The molecule has 0 radical (unpaired) electrons. The Balaban J connectivity index is 0.00000147. The van der Waals surface area contributed by atoms with E-state index in [2.05, 4.69) is 24.4 Å².